The molecule has 0 atom stereocenters. The molecule has 2 rings (SSSR count). The van der Waals surface area contributed by atoms with Crippen LogP contribution < -0.4 is 0 Å². The molecule has 0 aliphatic rings. The van der Waals surface area contributed by atoms with Gasteiger partial charge in [-0.1, -0.05) is 6.07 Å². The summed E-state index contributed by atoms with van der Waals surface area (Å²) in [6.45, 7) is 0. The summed E-state index contributed by atoms with van der Waals surface area (Å²) in [4.78, 5) is 19.0. The van der Waals surface area contributed by atoms with Gasteiger partial charge >= 0.3 is 5.97 Å². The molecule has 2 heterocycles. The molecule has 0 aromatic carbocycles. The standard InChI is InChI=1S/C13H14N2O2S/c16-13(17)5-1-4-11-9-18-12(15-11)7-10-3-2-6-14-8-10/h2-3,6,8-9H,1,4-5,7H2,(H,16,17). The lowest BCUT2D eigenvalue weighted by Gasteiger charge is -1.96. The number of hydrogen-bond donors (Lipinski definition) is 1. The third-order valence-corrected chi connectivity index (χ3v) is 3.40. The van der Waals surface area contributed by atoms with Gasteiger partial charge in [-0.2, -0.15) is 0 Å². The number of aromatic nitrogens is 2. The Balaban J connectivity index is 1.88. The molecule has 0 radical (unpaired) electrons. The summed E-state index contributed by atoms with van der Waals surface area (Å²) in [6.07, 6.45) is 5.96. The summed E-state index contributed by atoms with van der Waals surface area (Å²) in [5.74, 6) is -0.749. The second-order valence-corrected chi connectivity index (χ2v) is 4.96. The van der Waals surface area contributed by atoms with Crippen molar-refractivity contribution in [2.45, 2.75) is 25.7 Å². The van der Waals surface area contributed by atoms with Crippen LogP contribution in [0.2, 0.25) is 0 Å². The normalized spacial score (nSPS) is 10.4. The summed E-state index contributed by atoms with van der Waals surface area (Å²) in [5, 5.41) is 11.6. The minimum atomic E-state index is -0.749. The van der Waals surface area contributed by atoms with Crippen molar-refractivity contribution in [2.75, 3.05) is 0 Å². The summed E-state index contributed by atoms with van der Waals surface area (Å²) in [6, 6.07) is 3.94. The molecule has 0 spiro atoms. The quantitative estimate of drug-likeness (QED) is 0.869. The van der Waals surface area contributed by atoms with E-state index in [0.717, 1.165) is 29.1 Å². The van der Waals surface area contributed by atoms with Crippen molar-refractivity contribution in [3.8, 4) is 0 Å². The van der Waals surface area contributed by atoms with Gasteiger partial charge in [-0.3, -0.25) is 9.78 Å². The van der Waals surface area contributed by atoms with Crippen LogP contribution in [-0.4, -0.2) is 21.0 Å². The van der Waals surface area contributed by atoms with E-state index in [0.29, 0.717) is 6.42 Å². The maximum Gasteiger partial charge on any atom is 0.303 e. The first-order valence-electron chi connectivity index (χ1n) is 5.78. The van der Waals surface area contributed by atoms with Crippen LogP contribution in [0.3, 0.4) is 0 Å². The zero-order valence-corrected chi connectivity index (χ0v) is 10.7. The topological polar surface area (TPSA) is 63.1 Å². The predicted molar refractivity (Wildman–Crippen MR) is 69.7 cm³/mol. The van der Waals surface area contributed by atoms with Gasteiger partial charge in [0.25, 0.3) is 0 Å². The highest BCUT2D eigenvalue weighted by Crippen LogP contribution is 2.15. The Labute approximate surface area is 109 Å². The fraction of sp³-hybridized carbons (Fsp3) is 0.308. The largest absolute Gasteiger partial charge is 0.481 e. The van der Waals surface area contributed by atoms with Crippen molar-refractivity contribution >= 4 is 17.3 Å². The molecule has 0 unspecified atom stereocenters. The summed E-state index contributed by atoms with van der Waals surface area (Å²) >= 11 is 1.62. The smallest absolute Gasteiger partial charge is 0.303 e. The second-order valence-electron chi connectivity index (χ2n) is 4.02. The first kappa shape index (κ1) is 12.7. The van der Waals surface area contributed by atoms with Gasteiger partial charge < -0.3 is 5.11 Å². The van der Waals surface area contributed by atoms with Crippen LogP contribution in [-0.2, 0) is 17.6 Å². The molecule has 5 heteroatoms. The van der Waals surface area contributed by atoms with Crippen molar-refractivity contribution in [2.24, 2.45) is 0 Å². The highest BCUT2D eigenvalue weighted by atomic mass is 32.1. The lowest BCUT2D eigenvalue weighted by molar-refractivity contribution is -0.137. The molecular weight excluding hydrogens is 248 g/mol. The number of thiazole rings is 1. The zero-order chi connectivity index (χ0) is 12.8. The Bertz CT molecular complexity index is 511. The number of rotatable bonds is 6. The predicted octanol–water partition coefficient (Wildman–Crippen LogP) is 2.54. The lowest BCUT2D eigenvalue weighted by Crippen LogP contribution is -1.96. The van der Waals surface area contributed by atoms with Gasteiger partial charge in [-0.05, 0) is 24.5 Å². The molecule has 0 amide bonds. The van der Waals surface area contributed by atoms with Crippen LogP contribution in [0.4, 0.5) is 0 Å². The maximum absolute atomic E-state index is 10.4. The van der Waals surface area contributed by atoms with Crippen LogP contribution in [0.25, 0.3) is 0 Å². The molecule has 0 bridgehead atoms. The molecule has 18 heavy (non-hydrogen) atoms. The van der Waals surface area contributed by atoms with Crippen molar-refractivity contribution in [3.63, 3.8) is 0 Å². The van der Waals surface area contributed by atoms with Crippen LogP contribution >= 0.6 is 11.3 Å². The van der Waals surface area contributed by atoms with Gasteiger partial charge in [0.05, 0.1) is 10.7 Å². The van der Waals surface area contributed by atoms with Crippen molar-refractivity contribution < 1.29 is 9.90 Å². The van der Waals surface area contributed by atoms with E-state index < -0.39 is 5.97 Å². The number of carboxylic acids is 1. The van der Waals surface area contributed by atoms with Gasteiger partial charge in [0, 0.05) is 30.6 Å². The Kier molecular flexibility index (Phi) is 4.41. The van der Waals surface area contributed by atoms with Crippen molar-refractivity contribution in [1.82, 2.24) is 9.97 Å². The molecule has 94 valence electrons. The van der Waals surface area contributed by atoms with Crippen molar-refractivity contribution in [3.05, 3.63) is 46.2 Å². The first-order chi connectivity index (χ1) is 8.74. The minimum absolute atomic E-state index is 0.204. The monoisotopic (exact) mass is 262 g/mol. The van der Waals surface area contributed by atoms with Crippen LogP contribution in [0.5, 0.6) is 0 Å². The fourth-order valence-corrected chi connectivity index (χ4v) is 2.51. The van der Waals surface area contributed by atoms with E-state index in [4.69, 9.17) is 5.11 Å². The number of nitrogens with zero attached hydrogens (tertiary/aromatic N) is 2. The lowest BCUT2D eigenvalue weighted by atomic mass is 10.2. The van der Waals surface area contributed by atoms with E-state index in [1.165, 1.54) is 0 Å². The number of pyridine rings is 1. The summed E-state index contributed by atoms with van der Waals surface area (Å²) < 4.78 is 0. The van der Waals surface area contributed by atoms with Crippen LogP contribution in [0.15, 0.2) is 29.9 Å². The molecule has 2 aromatic heterocycles. The van der Waals surface area contributed by atoms with E-state index in [9.17, 15) is 4.79 Å². The molecule has 0 fully saturated rings. The Hall–Kier alpha value is -1.75. The Morgan fingerprint density at radius 3 is 3.06 bits per heavy atom. The molecule has 0 aliphatic carbocycles. The average Bonchev–Trinajstić information content (AvgIpc) is 2.78. The molecule has 0 saturated carbocycles. The third kappa shape index (κ3) is 3.92. The Morgan fingerprint density at radius 1 is 1.44 bits per heavy atom. The number of hydrogen-bond acceptors (Lipinski definition) is 4. The second kappa shape index (κ2) is 6.26. The van der Waals surface area contributed by atoms with Gasteiger partial charge in [0.15, 0.2) is 0 Å². The van der Waals surface area contributed by atoms with E-state index in [1.54, 1.807) is 17.5 Å². The molecule has 2 aromatic rings. The molecule has 1 N–H and O–H groups in total. The highest BCUT2D eigenvalue weighted by molar-refractivity contribution is 7.09. The SMILES string of the molecule is O=C(O)CCCc1csc(Cc2cccnc2)n1. The molecular formula is C13H14N2O2S. The first-order valence-corrected chi connectivity index (χ1v) is 6.66. The minimum Gasteiger partial charge on any atom is -0.481 e. The highest BCUT2D eigenvalue weighted by Gasteiger charge is 2.04. The van der Waals surface area contributed by atoms with E-state index in [-0.39, 0.29) is 6.42 Å². The fourth-order valence-electron chi connectivity index (χ4n) is 1.64. The van der Waals surface area contributed by atoms with E-state index >= 15 is 0 Å². The summed E-state index contributed by atoms with van der Waals surface area (Å²) in [5.41, 5.74) is 2.13. The van der Waals surface area contributed by atoms with E-state index in [1.807, 2.05) is 23.7 Å². The number of carbonyl (C=O) groups is 1. The average molecular weight is 262 g/mol. The zero-order valence-electron chi connectivity index (χ0n) is 9.87. The summed E-state index contributed by atoms with van der Waals surface area (Å²) in [7, 11) is 0. The number of carboxylic acid groups (broad SMARTS) is 1. The molecule has 4 nitrogen and oxygen atoms in total. The van der Waals surface area contributed by atoms with Crippen molar-refractivity contribution in [1.29, 1.82) is 0 Å². The van der Waals surface area contributed by atoms with Gasteiger partial charge in [-0.15, -0.1) is 11.3 Å². The van der Waals surface area contributed by atoms with Gasteiger partial charge in [0.1, 0.15) is 0 Å². The van der Waals surface area contributed by atoms with Crippen LogP contribution in [0, 0.1) is 0 Å². The number of aliphatic carboxylic acids is 1. The van der Waals surface area contributed by atoms with Crippen LogP contribution in [0.1, 0.15) is 29.1 Å². The molecule has 0 saturated heterocycles. The van der Waals surface area contributed by atoms with Gasteiger partial charge in [-0.25, -0.2) is 4.98 Å². The Morgan fingerprint density at radius 2 is 2.33 bits per heavy atom. The van der Waals surface area contributed by atoms with Gasteiger partial charge in [0.2, 0.25) is 0 Å². The number of aryl methyl sites for hydroxylation is 1. The maximum atomic E-state index is 10.4. The van der Waals surface area contributed by atoms with E-state index in [2.05, 4.69) is 9.97 Å². The molecule has 0 aliphatic heterocycles. The third-order valence-electron chi connectivity index (χ3n) is 2.50.